The van der Waals surface area contributed by atoms with Crippen LogP contribution in [0.1, 0.15) is 5.56 Å². The van der Waals surface area contributed by atoms with E-state index in [1.165, 1.54) is 7.11 Å². The van der Waals surface area contributed by atoms with Gasteiger partial charge in [0.1, 0.15) is 11.6 Å². The minimum Gasteiger partial charge on any atom is -0.496 e. The lowest BCUT2D eigenvalue weighted by Crippen LogP contribution is -2.03. The number of hydrogen-bond donors (Lipinski definition) is 1. The molecule has 0 bridgehead atoms. The zero-order valence-corrected chi connectivity index (χ0v) is 8.19. The molecule has 0 aliphatic carbocycles. The number of ether oxygens (including phenoxy) is 1. The molecule has 0 saturated heterocycles. The van der Waals surface area contributed by atoms with E-state index in [1.54, 1.807) is 12.1 Å². The summed E-state index contributed by atoms with van der Waals surface area (Å²) < 4.78 is 18.6. The third-order valence-corrected chi connectivity index (χ3v) is 2.19. The molecule has 1 aromatic rings. The van der Waals surface area contributed by atoms with Gasteiger partial charge in [-0.05, 0) is 28.1 Å². The first-order valence-corrected chi connectivity index (χ1v) is 4.21. The maximum Gasteiger partial charge on any atom is 0.145 e. The van der Waals surface area contributed by atoms with Crippen molar-refractivity contribution in [2.45, 2.75) is 6.54 Å². The van der Waals surface area contributed by atoms with E-state index in [0.717, 1.165) is 0 Å². The first-order chi connectivity index (χ1) is 5.70. The van der Waals surface area contributed by atoms with Crippen LogP contribution in [-0.2, 0) is 6.54 Å². The van der Waals surface area contributed by atoms with Crippen LogP contribution in [-0.4, -0.2) is 7.11 Å². The van der Waals surface area contributed by atoms with Crippen LogP contribution in [0.4, 0.5) is 4.39 Å². The van der Waals surface area contributed by atoms with Crippen LogP contribution in [0.2, 0.25) is 0 Å². The largest absolute Gasteiger partial charge is 0.496 e. The highest BCUT2D eigenvalue weighted by atomic mass is 79.9. The van der Waals surface area contributed by atoms with Crippen molar-refractivity contribution < 1.29 is 9.13 Å². The van der Waals surface area contributed by atoms with Gasteiger partial charge in [0.05, 0.1) is 11.6 Å². The molecule has 1 rings (SSSR count). The van der Waals surface area contributed by atoms with Crippen LogP contribution in [0, 0.1) is 5.82 Å². The second-order valence-electron chi connectivity index (χ2n) is 2.25. The second-order valence-corrected chi connectivity index (χ2v) is 3.10. The number of rotatable bonds is 2. The zero-order valence-electron chi connectivity index (χ0n) is 6.60. The monoisotopic (exact) mass is 233 g/mol. The minimum absolute atomic E-state index is 0.133. The van der Waals surface area contributed by atoms with E-state index in [4.69, 9.17) is 10.5 Å². The van der Waals surface area contributed by atoms with Crippen molar-refractivity contribution in [2.75, 3.05) is 7.11 Å². The Balaban J connectivity index is 3.25. The molecule has 4 heteroatoms. The fraction of sp³-hybridized carbons (Fsp3) is 0.250. The topological polar surface area (TPSA) is 35.2 Å². The maximum atomic E-state index is 13.2. The van der Waals surface area contributed by atoms with Gasteiger partial charge >= 0.3 is 0 Å². The first kappa shape index (κ1) is 9.48. The van der Waals surface area contributed by atoms with Gasteiger partial charge in [0.2, 0.25) is 0 Å². The minimum atomic E-state index is -0.350. The second kappa shape index (κ2) is 3.87. The average Bonchev–Trinajstić information content (AvgIpc) is 2.09. The van der Waals surface area contributed by atoms with Crippen molar-refractivity contribution in [1.29, 1.82) is 0 Å². The van der Waals surface area contributed by atoms with Gasteiger partial charge in [-0.25, -0.2) is 4.39 Å². The van der Waals surface area contributed by atoms with Crippen molar-refractivity contribution in [3.63, 3.8) is 0 Å². The van der Waals surface area contributed by atoms with E-state index in [9.17, 15) is 4.39 Å². The summed E-state index contributed by atoms with van der Waals surface area (Å²) in [6.07, 6.45) is 0. The van der Waals surface area contributed by atoms with Crippen LogP contribution in [0.15, 0.2) is 16.6 Å². The van der Waals surface area contributed by atoms with Crippen molar-refractivity contribution in [1.82, 2.24) is 0 Å². The van der Waals surface area contributed by atoms with Gasteiger partial charge in [-0.15, -0.1) is 0 Å². The Morgan fingerprint density at radius 2 is 2.25 bits per heavy atom. The molecule has 0 saturated carbocycles. The molecule has 0 heterocycles. The lowest BCUT2D eigenvalue weighted by molar-refractivity contribution is 0.404. The molecule has 1 aromatic carbocycles. The Bertz CT molecular complexity index is 291. The summed E-state index contributed by atoms with van der Waals surface area (Å²) in [4.78, 5) is 0. The van der Waals surface area contributed by atoms with Crippen LogP contribution in [0.3, 0.4) is 0 Å². The quantitative estimate of drug-likeness (QED) is 0.849. The summed E-state index contributed by atoms with van der Waals surface area (Å²) in [7, 11) is 1.49. The lowest BCUT2D eigenvalue weighted by Gasteiger charge is -2.07. The third-order valence-electron chi connectivity index (χ3n) is 1.58. The van der Waals surface area contributed by atoms with Crippen molar-refractivity contribution in [3.8, 4) is 5.75 Å². The molecule has 2 N–H and O–H groups in total. The summed E-state index contributed by atoms with van der Waals surface area (Å²) in [6.45, 7) is 0.133. The molecule has 0 aromatic heterocycles. The van der Waals surface area contributed by atoms with Gasteiger partial charge < -0.3 is 10.5 Å². The molecule has 2 nitrogen and oxygen atoms in total. The van der Waals surface area contributed by atoms with Gasteiger partial charge in [-0.3, -0.25) is 0 Å². The summed E-state index contributed by atoms with van der Waals surface area (Å²) >= 11 is 3.06. The van der Waals surface area contributed by atoms with Gasteiger partial charge in [0.25, 0.3) is 0 Å². The van der Waals surface area contributed by atoms with Gasteiger partial charge in [0, 0.05) is 12.1 Å². The number of nitrogens with two attached hydrogens (primary N) is 1. The summed E-state index contributed by atoms with van der Waals surface area (Å²) in [5.41, 5.74) is 5.75. The number of halogens is 2. The molecule has 66 valence electrons. The standard InChI is InChI=1S/C8H9BrFNO/c1-12-7-3-2-6(9)8(10)5(7)4-11/h2-3H,4,11H2,1H3. The third kappa shape index (κ3) is 1.59. The average molecular weight is 234 g/mol. The molecule has 0 unspecified atom stereocenters. The first-order valence-electron chi connectivity index (χ1n) is 3.41. The smallest absolute Gasteiger partial charge is 0.145 e. The Labute approximate surface area is 78.6 Å². The molecule has 0 atom stereocenters. The Hall–Kier alpha value is -0.610. The highest BCUT2D eigenvalue weighted by Crippen LogP contribution is 2.26. The molecular formula is C8H9BrFNO. The Morgan fingerprint density at radius 3 is 2.75 bits per heavy atom. The van der Waals surface area contributed by atoms with Crippen LogP contribution < -0.4 is 10.5 Å². The highest BCUT2D eigenvalue weighted by Gasteiger charge is 2.10. The van der Waals surface area contributed by atoms with Gasteiger partial charge in [0.15, 0.2) is 0 Å². The van der Waals surface area contributed by atoms with Crippen molar-refractivity contribution in [3.05, 3.63) is 28.0 Å². The van der Waals surface area contributed by atoms with E-state index in [-0.39, 0.29) is 12.4 Å². The van der Waals surface area contributed by atoms with E-state index in [1.807, 2.05) is 0 Å². The normalized spacial score (nSPS) is 10.0. The molecule has 0 spiro atoms. The van der Waals surface area contributed by atoms with Crippen LogP contribution in [0.25, 0.3) is 0 Å². The molecular weight excluding hydrogens is 225 g/mol. The fourth-order valence-corrected chi connectivity index (χ4v) is 1.33. The number of methoxy groups -OCH3 is 1. The van der Waals surface area contributed by atoms with E-state index < -0.39 is 0 Å². The Morgan fingerprint density at radius 1 is 1.58 bits per heavy atom. The maximum absolute atomic E-state index is 13.2. The predicted octanol–water partition coefficient (Wildman–Crippen LogP) is 2.06. The van der Waals surface area contributed by atoms with Gasteiger partial charge in [-0.2, -0.15) is 0 Å². The predicted molar refractivity (Wildman–Crippen MR) is 48.5 cm³/mol. The number of benzene rings is 1. The summed E-state index contributed by atoms with van der Waals surface area (Å²) in [5.74, 6) is 0.134. The highest BCUT2D eigenvalue weighted by molar-refractivity contribution is 9.10. The molecule has 0 fully saturated rings. The Kier molecular flexibility index (Phi) is 3.05. The molecule has 0 aliphatic heterocycles. The molecule has 0 radical (unpaired) electrons. The van der Waals surface area contributed by atoms with Crippen molar-refractivity contribution in [2.24, 2.45) is 5.73 Å². The zero-order chi connectivity index (χ0) is 9.14. The summed E-state index contributed by atoms with van der Waals surface area (Å²) in [6, 6.07) is 3.27. The number of hydrogen-bond acceptors (Lipinski definition) is 2. The lowest BCUT2D eigenvalue weighted by atomic mass is 10.2. The molecule has 0 amide bonds. The molecule has 0 aliphatic rings. The fourth-order valence-electron chi connectivity index (χ4n) is 0.956. The summed E-state index contributed by atoms with van der Waals surface area (Å²) in [5, 5.41) is 0. The van der Waals surface area contributed by atoms with E-state index in [0.29, 0.717) is 15.8 Å². The molecule has 12 heavy (non-hydrogen) atoms. The SMILES string of the molecule is COc1ccc(Br)c(F)c1CN. The van der Waals surface area contributed by atoms with Crippen LogP contribution >= 0.6 is 15.9 Å². The van der Waals surface area contributed by atoms with Gasteiger partial charge in [-0.1, -0.05) is 0 Å². The van der Waals surface area contributed by atoms with E-state index in [2.05, 4.69) is 15.9 Å². The van der Waals surface area contributed by atoms with E-state index >= 15 is 0 Å². The van der Waals surface area contributed by atoms with Crippen LogP contribution in [0.5, 0.6) is 5.75 Å². The van der Waals surface area contributed by atoms with Crippen molar-refractivity contribution >= 4 is 15.9 Å².